The van der Waals surface area contributed by atoms with Gasteiger partial charge in [0.05, 0.1) is 18.1 Å². The second-order valence-electron chi connectivity index (χ2n) is 5.20. The van der Waals surface area contributed by atoms with E-state index in [1.807, 2.05) is 0 Å². The molecule has 0 radical (unpaired) electrons. The fourth-order valence-corrected chi connectivity index (χ4v) is 2.43. The highest BCUT2D eigenvalue weighted by Gasteiger charge is 2.31. The van der Waals surface area contributed by atoms with E-state index < -0.39 is 0 Å². The van der Waals surface area contributed by atoms with Crippen LogP contribution in [0, 0.1) is 22.7 Å². The van der Waals surface area contributed by atoms with Gasteiger partial charge in [0.15, 0.2) is 0 Å². The van der Waals surface area contributed by atoms with E-state index >= 15 is 0 Å². The van der Waals surface area contributed by atoms with E-state index in [0.29, 0.717) is 0 Å². The van der Waals surface area contributed by atoms with Gasteiger partial charge in [-0.3, -0.25) is 0 Å². The largest absolute Gasteiger partial charge is 0.381 e. The number of piperidine rings is 1. The fourth-order valence-electron chi connectivity index (χ4n) is 2.43. The standard InChI is InChI=1S/C12H20N2O/c1-12(10-13)3-5-14(6-4-12)8-11-2-7-15-9-11/h11H,2-9H2,1H3. The molecule has 1 atom stereocenters. The number of hydrogen-bond acceptors (Lipinski definition) is 3. The first-order valence-corrected chi connectivity index (χ1v) is 5.93. The molecule has 3 nitrogen and oxygen atoms in total. The number of likely N-dealkylation sites (tertiary alicyclic amines) is 1. The minimum Gasteiger partial charge on any atom is -0.381 e. The fraction of sp³-hybridized carbons (Fsp3) is 0.917. The third kappa shape index (κ3) is 2.70. The summed E-state index contributed by atoms with van der Waals surface area (Å²) < 4.78 is 5.38. The van der Waals surface area contributed by atoms with Crippen LogP contribution in [0.4, 0.5) is 0 Å². The molecular formula is C12H20N2O. The summed E-state index contributed by atoms with van der Waals surface area (Å²) in [6.45, 7) is 7.30. The van der Waals surface area contributed by atoms with Gasteiger partial charge >= 0.3 is 0 Å². The molecule has 0 saturated carbocycles. The van der Waals surface area contributed by atoms with Crippen molar-refractivity contribution in [3.05, 3.63) is 0 Å². The lowest BCUT2D eigenvalue weighted by Gasteiger charge is -2.35. The molecule has 2 aliphatic heterocycles. The molecule has 2 aliphatic rings. The maximum Gasteiger partial charge on any atom is 0.0687 e. The topological polar surface area (TPSA) is 36.3 Å². The third-order valence-electron chi connectivity index (χ3n) is 3.77. The zero-order valence-electron chi connectivity index (χ0n) is 9.54. The van der Waals surface area contributed by atoms with Gasteiger partial charge < -0.3 is 9.64 Å². The molecule has 2 rings (SSSR count). The monoisotopic (exact) mass is 208 g/mol. The molecule has 2 fully saturated rings. The summed E-state index contributed by atoms with van der Waals surface area (Å²) in [5.41, 5.74) is -0.0668. The lowest BCUT2D eigenvalue weighted by atomic mass is 9.82. The predicted molar refractivity (Wildman–Crippen MR) is 58.3 cm³/mol. The molecule has 2 heterocycles. The van der Waals surface area contributed by atoms with Crippen LogP contribution in [0.15, 0.2) is 0 Å². The van der Waals surface area contributed by atoms with Gasteiger partial charge in [0.1, 0.15) is 0 Å². The van der Waals surface area contributed by atoms with Crippen molar-refractivity contribution in [2.75, 3.05) is 32.8 Å². The first kappa shape index (κ1) is 10.9. The van der Waals surface area contributed by atoms with Crippen molar-refractivity contribution in [1.29, 1.82) is 5.26 Å². The average Bonchev–Trinajstić information content (AvgIpc) is 2.75. The molecule has 0 N–H and O–H groups in total. The van der Waals surface area contributed by atoms with Gasteiger partial charge in [0.25, 0.3) is 0 Å². The van der Waals surface area contributed by atoms with Crippen LogP contribution in [-0.4, -0.2) is 37.7 Å². The summed E-state index contributed by atoms with van der Waals surface area (Å²) in [7, 11) is 0. The Balaban J connectivity index is 1.76. The highest BCUT2D eigenvalue weighted by Crippen LogP contribution is 2.30. The number of rotatable bonds is 2. The lowest BCUT2D eigenvalue weighted by molar-refractivity contribution is 0.125. The Morgan fingerprint density at radius 2 is 2.20 bits per heavy atom. The number of nitrogens with zero attached hydrogens (tertiary/aromatic N) is 2. The van der Waals surface area contributed by atoms with E-state index in [1.54, 1.807) is 0 Å². The van der Waals surface area contributed by atoms with Gasteiger partial charge in [0, 0.05) is 13.2 Å². The van der Waals surface area contributed by atoms with Crippen LogP contribution in [-0.2, 0) is 4.74 Å². The Kier molecular flexibility index (Phi) is 3.28. The molecule has 84 valence electrons. The van der Waals surface area contributed by atoms with Crippen molar-refractivity contribution in [1.82, 2.24) is 4.90 Å². The summed E-state index contributed by atoms with van der Waals surface area (Å²) in [5, 5.41) is 9.03. The van der Waals surface area contributed by atoms with E-state index in [0.717, 1.165) is 45.1 Å². The van der Waals surface area contributed by atoms with E-state index in [4.69, 9.17) is 10.00 Å². The normalized spacial score (nSPS) is 31.3. The van der Waals surface area contributed by atoms with Crippen LogP contribution in [0.25, 0.3) is 0 Å². The maximum atomic E-state index is 9.03. The summed E-state index contributed by atoms with van der Waals surface area (Å²) in [4.78, 5) is 2.50. The van der Waals surface area contributed by atoms with Crippen LogP contribution in [0.1, 0.15) is 26.2 Å². The molecule has 1 unspecified atom stereocenters. The average molecular weight is 208 g/mol. The van der Waals surface area contributed by atoms with Gasteiger partial charge in [-0.2, -0.15) is 5.26 Å². The highest BCUT2D eigenvalue weighted by atomic mass is 16.5. The SMILES string of the molecule is CC1(C#N)CCN(CC2CCOC2)CC1. The van der Waals surface area contributed by atoms with E-state index in [9.17, 15) is 0 Å². The maximum absolute atomic E-state index is 9.03. The Hall–Kier alpha value is -0.590. The molecular weight excluding hydrogens is 188 g/mol. The summed E-state index contributed by atoms with van der Waals surface area (Å²) in [6.07, 6.45) is 3.26. The minimum absolute atomic E-state index is 0.0668. The Morgan fingerprint density at radius 1 is 1.47 bits per heavy atom. The minimum atomic E-state index is -0.0668. The van der Waals surface area contributed by atoms with E-state index in [1.165, 1.54) is 13.0 Å². The Morgan fingerprint density at radius 3 is 2.73 bits per heavy atom. The Bertz CT molecular complexity index is 245. The van der Waals surface area contributed by atoms with Crippen molar-refractivity contribution in [2.45, 2.75) is 26.2 Å². The van der Waals surface area contributed by atoms with Crippen LogP contribution in [0.3, 0.4) is 0 Å². The van der Waals surface area contributed by atoms with Crippen molar-refractivity contribution >= 4 is 0 Å². The quantitative estimate of drug-likeness (QED) is 0.692. The van der Waals surface area contributed by atoms with Crippen LogP contribution in [0.2, 0.25) is 0 Å². The molecule has 0 aromatic rings. The number of ether oxygens (including phenoxy) is 1. The van der Waals surface area contributed by atoms with Crippen LogP contribution < -0.4 is 0 Å². The van der Waals surface area contributed by atoms with Gasteiger partial charge in [-0.05, 0) is 45.2 Å². The van der Waals surface area contributed by atoms with Gasteiger partial charge in [-0.1, -0.05) is 0 Å². The highest BCUT2D eigenvalue weighted by molar-refractivity contribution is 4.98. The summed E-state index contributed by atoms with van der Waals surface area (Å²) in [5.74, 6) is 0.733. The van der Waals surface area contributed by atoms with Crippen molar-refractivity contribution in [3.8, 4) is 6.07 Å². The van der Waals surface area contributed by atoms with Gasteiger partial charge in [-0.25, -0.2) is 0 Å². The molecule has 0 aromatic heterocycles. The van der Waals surface area contributed by atoms with Crippen LogP contribution >= 0.6 is 0 Å². The number of hydrogen-bond donors (Lipinski definition) is 0. The predicted octanol–water partition coefficient (Wildman–Crippen LogP) is 1.65. The van der Waals surface area contributed by atoms with Crippen molar-refractivity contribution < 1.29 is 4.74 Å². The molecule has 0 aliphatic carbocycles. The summed E-state index contributed by atoms with van der Waals surface area (Å²) in [6, 6.07) is 2.44. The van der Waals surface area contributed by atoms with Gasteiger partial charge in [-0.15, -0.1) is 0 Å². The molecule has 0 bridgehead atoms. The Labute approximate surface area is 92.0 Å². The van der Waals surface area contributed by atoms with E-state index in [2.05, 4.69) is 17.9 Å². The first-order chi connectivity index (χ1) is 7.22. The van der Waals surface area contributed by atoms with Crippen molar-refractivity contribution in [3.63, 3.8) is 0 Å². The first-order valence-electron chi connectivity index (χ1n) is 5.93. The second kappa shape index (κ2) is 4.51. The van der Waals surface area contributed by atoms with E-state index in [-0.39, 0.29) is 5.41 Å². The molecule has 15 heavy (non-hydrogen) atoms. The molecule has 0 amide bonds. The second-order valence-corrected chi connectivity index (χ2v) is 5.20. The summed E-state index contributed by atoms with van der Waals surface area (Å²) >= 11 is 0. The number of nitriles is 1. The smallest absolute Gasteiger partial charge is 0.0687 e. The van der Waals surface area contributed by atoms with Gasteiger partial charge in [0.2, 0.25) is 0 Å². The zero-order chi connectivity index (χ0) is 10.7. The third-order valence-corrected chi connectivity index (χ3v) is 3.77. The van der Waals surface area contributed by atoms with Crippen molar-refractivity contribution in [2.24, 2.45) is 11.3 Å². The molecule has 0 spiro atoms. The van der Waals surface area contributed by atoms with Crippen LogP contribution in [0.5, 0.6) is 0 Å². The zero-order valence-corrected chi connectivity index (χ0v) is 9.54. The molecule has 3 heteroatoms. The molecule has 0 aromatic carbocycles. The lowest BCUT2D eigenvalue weighted by Crippen LogP contribution is -2.40. The molecule has 2 saturated heterocycles.